The van der Waals surface area contributed by atoms with Gasteiger partial charge in [-0.1, -0.05) is 30.3 Å². The van der Waals surface area contributed by atoms with Gasteiger partial charge in [0.25, 0.3) is 0 Å². The summed E-state index contributed by atoms with van der Waals surface area (Å²) in [5.74, 6) is 0. The first-order valence-corrected chi connectivity index (χ1v) is 7.28. The number of rotatable bonds is 4. The standard InChI is InChI=1S/C18H14ClN3/c1-13(5-4-7-15-6-2-3-10-20-15)18-12-21-17-11-14(19)8-9-16(17)22-18/h2-4,6-12H,1,5H2. The third kappa shape index (κ3) is 3.38. The van der Waals surface area contributed by atoms with E-state index in [1.54, 1.807) is 18.5 Å². The molecule has 0 unspecified atom stereocenters. The average molecular weight is 308 g/mol. The number of hydrogen-bond acceptors (Lipinski definition) is 3. The van der Waals surface area contributed by atoms with Crippen molar-refractivity contribution in [1.82, 2.24) is 15.0 Å². The molecule has 0 aliphatic carbocycles. The summed E-state index contributed by atoms with van der Waals surface area (Å²) in [5.41, 5.74) is 4.23. The van der Waals surface area contributed by atoms with Crippen LogP contribution in [0.25, 0.3) is 22.7 Å². The van der Waals surface area contributed by atoms with Gasteiger partial charge in [-0.2, -0.15) is 0 Å². The topological polar surface area (TPSA) is 38.7 Å². The molecule has 3 aromatic rings. The highest BCUT2D eigenvalue weighted by Crippen LogP contribution is 2.20. The molecule has 0 atom stereocenters. The summed E-state index contributed by atoms with van der Waals surface area (Å²) in [6.07, 6.45) is 8.20. The van der Waals surface area contributed by atoms with E-state index in [0.29, 0.717) is 11.4 Å². The maximum atomic E-state index is 5.95. The summed E-state index contributed by atoms with van der Waals surface area (Å²) in [7, 11) is 0. The largest absolute Gasteiger partial charge is 0.257 e. The van der Waals surface area contributed by atoms with E-state index < -0.39 is 0 Å². The van der Waals surface area contributed by atoms with Crippen LogP contribution in [0.1, 0.15) is 17.8 Å². The van der Waals surface area contributed by atoms with Gasteiger partial charge in [0.15, 0.2) is 0 Å². The molecule has 0 aliphatic rings. The zero-order valence-electron chi connectivity index (χ0n) is 11.9. The summed E-state index contributed by atoms with van der Waals surface area (Å²) in [4.78, 5) is 13.2. The van der Waals surface area contributed by atoms with E-state index >= 15 is 0 Å². The lowest BCUT2D eigenvalue weighted by molar-refractivity contribution is 1.22. The molecule has 0 N–H and O–H groups in total. The summed E-state index contributed by atoms with van der Waals surface area (Å²) < 4.78 is 0. The molecule has 1 aromatic carbocycles. The van der Waals surface area contributed by atoms with E-state index in [0.717, 1.165) is 28.0 Å². The second-order valence-electron chi connectivity index (χ2n) is 4.85. The molecular weight excluding hydrogens is 294 g/mol. The summed E-state index contributed by atoms with van der Waals surface area (Å²) >= 11 is 5.95. The molecule has 2 aromatic heterocycles. The second kappa shape index (κ2) is 6.50. The van der Waals surface area contributed by atoms with Crippen molar-refractivity contribution in [3.05, 3.63) is 77.9 Å². The Hall–Kier alpha value is -2.52. The van der Waals surface area contributed by atoms with Gasteiger partial charge < -0.3 is 0 Å². The molecule has 108 valence electrons. The minimum atomic E-state index is 0.659. The molecule has 0 spiro atoms. The normalized spacial score (nSPS) is 11.1. The summed E-state index contributed by atoms with van der Waals surface area (Å²) in [6.45, 7) is 4.08. The highest BCUT2D eigenvalue weighted by Gasteiger charge is 2.03. The minimum Gasteiger partial charge on any atom is -0.257 e. The summed E-state index contributed by atoms with van der Waals surface area (Å²) in [5, 5.41) is 0.659. The van der Waals surface area contributed by atoms with Crippen LogP contribution in [0.4, 0.5) is 0 Å². The molecule has 3 rings (SSSR count). The van der Waals surface area contributed by atoms with Gasteiger partial charge >= 0.3 is 0 Å². The Kier molecular flexibility index (Phi) is 4.26. The molecule has 4 heteroatoms. The van der Waals surface area contributed by atoms with E-state index in [1.165, 1.54) is 0 Å². The average Bonchev–Trinajstić information content (AvgIpc) is 2.55. The fourth-order valence-corrected chi connectivity index (χ4v) is 2.22. The third-order valence-electron chi connectivity index (χ3n) is 3.21. The molecule has 3 nitrogen and oxygen atoms in total. The van der Waals surface area contributed by atoms with Crippen molar-refractivity contribution in [2.75, 3.05) is 0 Å². The van der Waals surface area contributed by atoms with Crippen LogP contribution in [-0.2, 0) is 0 Å². The number of halogens is 1. The predicted molar refractivity (Wildman–Crippen MR) is 91.5 cm³/mol. The van der Waals surface area contributed by atoms with Crippen LogP contribution in [0.2, 0.25) is 5.02 Å². The monoisotopic (exact) mass is 307 g/mol. The molecule has 0 aliphatic heterocycles. The van der Waals surface area contributed by atoms with Gasteiger partial charge in [0.1, 0.15) is 0 Å². The summed E-state index contributed by atoms with van der Waals surface area (Å²) in [6, 6.07) is 11.3. The first kappa shape index (κ1) is 14.4. The fraction of sp³-hybridized carbons (Fsp3) is 0.0556. The van der Waals surface area contributed by atoms with E-state index in [1.807, 2.05) is 42.5 Å². The smallest absolute Gasteiger partial charge is 0.0902 e. The second-order valence-corrected chi connectivity index (χ2v) is 5.29. The first-order chi connectivity index (χ1) is 10.7. The lowest BCUT2D eigenvalue weighted by atomic mass is 10.1. The number of nitrogens with zero attached hydrogens (tertiary/aromatic N) is 3. The maximum absolute atomic E-state index is 5.95. The molecule has 0 saturated heterocycles. The highest BCUT2D eigenvalue weighted by atomic mass is 35.5. The quantitative estimate of drug-likeness (QED) is 0.695. The van der Waals surface area contributed by atoms with E-state index in [4.69, 9.17) is 11.6 Å². The Bertz CT molecular complexity index is 841. The minimum absolute atomic E-state index is 0.659. The highest BCUT2D eigenvalue weighted by molar-refractivity contribution is 6.31. The maximum Gasteiger partial charge on any atom is 0.0902 e. The lowest BCUT2D eigenvalue weighted by Gasteiger charge is -2.04. The van der Waals surface area contributed by atoms with Crippen LogP contribution in [-0.4, -0.2) is 15.0 Å². The predicted octanol–water partition coefficient (Wildman–Crippen LogP) is 4.79. The van der Waals surface area contributed by atoms with Crippen LogP contribution in [0.15, 0.2) is 61.4 Å². The molecule has 0 bridgehead atoms. The van der Waals surface area contributed by atoms with E-state index in [9.17, 15) is 0 Å². The van der Waals surface area contributed by atoms with Crippen molar-refractivity contribution in [3.63, 3.8) is 0 Å². The molecule has 22 heavy (non-hydrogen) atoms. The number of benzene rings is 1. The van der Waals surface area contributed by atoms with Crippen molar-refractivity contribution in [2.45, 2.75) is 6.42 Å². The van der Waals surface area contributed by atoms with Gasteiger partial charge in [-0.25, -0.2) is 4.98 Å². The molecule has 0 radical (unpaired) electrons. The van der Waals surface area contributed by atoms with Crippen LogP contribution in [0.3, 0.4) is 0 Å². The van der Waals surface area contributed by atoms with Gasteiger partial charge in [-0.3, -0.25) is 9.97 Å². The van der Waals surface area contributed by atoms with Gasteiger partial charge in [0.05, 0.1) is 28.6 Å². The lowest BCUT2D eigenvalue weighted by Crippen LogP contribution is -1.91. The number of fused-ring (bicyclic) bond motifs is 1. The molecule has 0 saturated carbocycles. The van der Waals surface area contributed by atoms with Crippen molar-refractivity contribution in [3.8, 4) is 0 Å². The van der Waals surface area contributed by atoms with Crippen molar-refractivity contribution < 1.29 is 0 Å². The fourth-order valence-electron chi connectivity index (χ4n) is 2.06. The molecule has 0 fully saturated rings. The number of hydrogen-bond donors (Lipinski definition) is 0. The molecular formula is C18H14ClN3. The van der Waals surface area contributed by atoms with Crippen molar-refractivity contribution in [2.24, 2.45) is 0 Å². The number of allylic oxidation sites excluding steroid dienone is 2. The van der Waals surface area contributed by atoms with Crippen molar-refractivity contribution in [1.29, 1.82) is 0 Å². The van der Waals surface area contributed by atoms with Gasteiger partial charge in [0, 0.05) is 11.2 Å². The first-order valence-electron chi connectivity index (χ1n) is 6.90. The zero-order chi connectivity index (χ0) is 15.4. The van der Waals surface area contributed by atoms with E-state index in [-0.39, 0.29) is 0 Å². The number of pyridine rings is 1. The van der Waals surface area contributed by atoms with Crippen LogP contribution >= 0.6 is 11.6 Å². The van der Waals surface area contributed by atoms with Gasteiger partial charge in [0.2, 0.25) is 0 Å². The Morgan fingerprint density at radius 3 is 2.86 bits per heavy atom. The van der Waals surface area contributed by atoms with E-state index in [2.05, 4.69) is 21.5 Å². The Balaban J connectivity index is 1.75. The van der Waals surface area contributed by atoms with Gasteiger partial charge in [-0.15, -0.1) is 0 Å². The van der Waals surface area contributed by atoms with Crippen LogP contribution < -0.4 is 0 Å². The zero-order valence-corrected chi connectivity index (χ0v) is 12.7. The van der Waals surface area contributed by atoms with Crippen LogP contribution in [0, 0.1) is 0 Å². The Labute approximate surface area is 134 Å². The SMILES string of the molecule is C=C(CC=Cc1ccccn1)c1cnc2cc(Cl)ccc2n1. The Morgan fingerprint density at radius 1 is 1.14 bits per heavy atom. The van der Waals surface area contributed by atoms with Crippen molar-refractivity contribution >= 4 is 34.3 Å². The molecule has 2 heterocycles. The Morgan fingerprint density at radius 2 is 2.05 bits per heavy atom. The van der Waals surface area contributed by atoms with Gasteiger partial charge in [-0.05, 0) is 48.4 Å². The number of aromatic nitrogens is 3. The molecule has 0 amide bonds. The third-order valence-corrected chi connectivity index (χ3v) is 3.44. The van der Waals surface area contributed by atoms with Crippen LogP contribution in [0.5, 0.6) is 0 Å².